The summed E-state index contributed by atoms with van der Waals surface area (Å²) in [4.78, 5) is 34.4. The number of rotatable bonds is 11. The van der Waals surface area contributed by atoms with Gasteiger partial charge in [0.25, 0.3) is 5.91 Å². The smallest absolute Gasteiger partial charge is 0.417 e. The van der Waals surface area contributed by atoms with Crippen molar-refractivity contribution in [2.45, 2.75) is 23.5 Å². The third kappa shape index (κ3) is 7.78. The Morgan fingerprint density at radius 1 is 1.00 bits per heavy atom. The van der Waals surface area contributed by atoms with Crippen LogP contribution in [0.25, 0.3) is 0 Å². The number of aliphatic carboxylic acids is 1. The van der Waals surface area contributed by atoms with E-state index in [0.717, 1.165) is 12.1 Å². The summed E-state index contributed by atoms with van der Waals surface area (Å²) < 4.78 is 66.0. The maximum atomic E-state index is 13.2. The van der Waals surface area contributed by atoms with E-state index in [4.69, 9.17) is 11.1 Å². The van der Waals surface area contributed by atoms with Gasteiger partial charge in [0.2, 0.25) is 15.9 Å². The summed E-state index contributed by atoms with van der Waals surface area (Å²) in [7, 11) is -4.91. The van der Waals surface area contributed by atoms with Crippen molar-refractivity contribution in [2.24, 2.45) is 5.73 Å². The molecule has 0 aromatic heterocycles. The molecular weight excluding hydrogens is 507 g/mol. The van der Waals surface area contributed by atoms with Crippen LogP contribution in [0.1, 0.15) is 27.9 Å². The van der Waals surface area contributed by atoms with Crippen molar-refractivity contribution in [2.75, 3.05) is 13.1 Å². The molecule has 2 aromatic carbocycles. The van der Waals surface area contributed by atoms with Gasteiger partial charge in [-0.05, 0) is 24.3 Å². The lowest BCUT2D eigenvalue weighted by molar-refractivity contribution is -0.140. The molecule has 36 heavy (non-hydrogen) atoms. The number of nitrogens with one attached hydrogen (secondary N) is 4. The number of carbonyl (C=O) groups is 3. The monoisotopic (exact) mass is 529 g/mol. The number of carbonyl (C=O) groups excluding carboxylic acids is 2. The highest BCUT2D eigenvalue weighted by molar-refractivity contribution is 7.89. The van der Waals surface area contributed by atoms with Gasteiger partial charge in [0.05, 0.1) is 10.5 Å². The van der Waals surface area contributed by atoms with E-state index in [1.165, 1.54) is 24.3 Å². The van der Waals surface area contributed by atoms with E-state index in [0.29, 0.717) is 17.7 Å². The van der Waals surface area contributed by atoms with Crippen molar-refractivity contribution >= 4 is 33.6 Å². The summed E-state index contributed by atoms with van der Waals surface area (Å²) in [6.07, 6.45) is -5.30. The average molecular weight is 529 g/mol. The molecule has 2 rings (SSSR count). The molecule has 2 amide bonds. The molecular formula is C21H22F3N5O6S. The third-order valence-electron chi connectivity index (χ3n) is 4.68. The predicted octanol–water partition coefficient (Wildman–Crippen LogP) is 0.657. The minimum atomic E-state index is -5.00. The van der Waals surface area contributed by atoms with Crippen LogP contribution in [0.5, 0.6) is 0 Å². The van der Waals surface area contributed by atoms with Crippen LogP contribution >= 0.6 is 0 Å². The molecule has 15 heteroatoms. The van der Waals surface area contributed by atoms with E-state index in [1.54, 1.807) is 4.72 Å². The van der Waals surface area contributed by atoms with E-state index in [-0.39, 0.29) is 24.4 Å². The third-order valence-corrected chi connectivity index (χ3v) is 6.21. The van der Waals surface area contributed by atoms with E-state index < -0.39 is 57.0 Å². The molecule has 2 aromatic rings. The van der Waals surface area contributed by atoms with Crippen molar-refractivity contribution in [1.82, 2.24) is 15.4 Å². The Balaban J connectivity index is 1.93. The first-order valence-electron chi connectivity index (χ1n) is 10.1. The van der Waals surface area contributed by atoms with Crippen LogP contribution in [0.2, 0.25) is 0 Å². The maximum absolute atomic E-state index is 13.2. The van der Waals surface area contributed by atoms with E-state index in [9.17, 15) is 41.1 Å². The van der Waals surface area contributed by atoms with Crippen molar-refractivity contribution in [3.8, 4) is 0 Å². The van der Waals surface area contributed by atoms with Crippen LogP contribution in [-0.4, -0.2) is 56.3 Å². The van der Waals surface area contributed by atoms with E-state index >= 15 is 0 Å². The fourth-order valence-electron chi connectivity index (χ4n) is 2.86. The SMILES string of the molecule is N=C(N)c1ccc(C(=O)NCCC(=O)NC[C@H](NS(=O)(=O)c2ccccc2C(F)(F)F)C(=O)O)cc1. The maximum Gasteiger partial charge on any atom is 0.417 e. The molecule has 1 atom stereocenters. The number of sulfonamides is 1. The number of nitrogen functional groups attached to an aromatic ring is 1. The molecule has 11 nitrogen and oxygen atoms in total. The van der Waals surface area contributed by atoms with Gasteiger partial charge in [0.1, 0.15) is 11.9 Å². The lowest BCUT2D eigenvalue weighted by atomic mass is 10.1. The fourth-order valence-corrected chi connectivity index (χ4v) is 4.28. The summed E-state index contributed by atoms with van der Waals surface area (Å²) in [6.45, 7) is -0.913. The highest BCUT2D eigenvalue weighted by atomic mass is 32.2. The second-order valence-corrected chi connectivity index (χ2v) is 8.99. The van der Waals surface area contributed by atoms with Crippen molar-refractivity contribution in [3.63, 3.8) is 0 Å². The van der Waals surface area contributed by atoms with Crippen molar-refractivity contribution in [3.05, 3.63) is 65.2 Å². The molecule has 0 aliphatic rings. The Morgan fingerprint density at radius 2 is 1.58 bits per heavy atom. The number of benzene rings is 2. The molecule has 0 fully saturated rings. The average Bonchev–Trinajstić information content (AvgIpc) is 2.81. The summed E-state index contributed by atoms with van der Waals surface area (Å²) >= 11 is 0. The lowest BCUT2D eigenvalue weighted by Crippen LogP contribution is -2.48. The number of amidine groups is 1. The summed E-state index contributed by atoms with van der Waals surface area (Å²) in [5.74, 6) is -3.18. The lowest BCUT2D eigenvalue weighted by Gasteiger charge is -2.18. The Bertz CT molecular complexity index is 1250. The molecule has 0 saturated carbocycles. The Hall–Kier alpha value is -3.98. The van der Waals surface area contributed by atoms with Gasteiger partial charge in [-0.25, -0.2) is 8.42 Å². The molecule has 0 radical (unpaired) electrons. The van der Waals surface area contributed by atoms with Crippen LogP contribution in [0.3, 0.4) is 0 Å². The number of carboxylic acids is 1. The predicted molar refractivity (Wildman–Crippen MR) is 121 cm³/mol. The summed E-state index contributed by atoms with van der Waals surface area (Å²) in [5, 5.41) is 21.2. The number of alkyl halides is 3. The van der Waals surface area contributed by atoms with Crippen LogP contribution in [-0.2, 0) is 25.8 Å². The summed E-state index contributed by atoms with van der Waals surface area (Å²) in [5.41, 5.74) is 4.50. The van der Waals surface area contributed by atoms with Gasteiger partial charge in [-0.15, -0.1) is 0 Å². The van der Waals surface area contributed by atoms with Crippen LogP contribution in [0.15, 0.2) is 53.4 Å². The quantitative estimate of drug-likeness (QED) is 0.182. The van der Waals surface area contributed by atoms with Gasteiger partial charge in [-0.2, -0.15) is 17.9 Å². The molecule has 0 unspecified atom stereocenters. The molecule has 0 aliphatic carbocycles. The zero-order valence-electron chi connectivity index (χ0n) is 18.4. The van der Waals surface area contributed by atoms with Crippen LogP contribution in [0.4, 0.5) is 13.2 Å². The molecule has 0 heterocycles. The Labute approximate surface area is 203 Å². The van der Waals surface area contributed by atoms with Gasteiger partial charge in [0.15, 0.2) is 0 Å². The van der Waals surface area contributed by atoms with Gasteiger partial charge >= 0.3 is 12.1 Å². The molecule has 7 N–H and O–H groups in total. The van der Waals surface area contributed by atoms with E-state index in [2.05, 4.69) is 10.6 Å². The first kappa shape index (κ1) is 28.3. The largest absolute Gasteiger partial charge is 0.480 e. The molecule has 0 bridgehead atoms. The number of carboxylic acid groups (broad SMARTS) is 1. The second-order valence-electron chi connectivity index (χ2n) is 7.31. The first-order valence-corrected chi connectivity index (χ1v) is 11.6. The molecule has 0 spiro atoms. The molecule has 0 aliphatic heterocycles. The first-order chi connectivity index (χ1) is 16.7. The zero-order valence-corrected chi connectivity index (χ0v) is 19.2. The number of halogens is 3. The normalized spacial score (nSPS) is 12.4. The van der Waals surface area contributed by atoms with Gasteiger partial charge in [-0.3, -0.25) is 19.8 Å². The minimum absolute atomic E-state index is 0.151. The van der Waals surface area contributed by atoms with E-state index in [1.807, 2.05) is 0 Å². The highest BCUT2D eigenvalue weighted by Crippen LogP contribution is 2.33. The van der Waals surface area contributed by atoms with Gasteiger partial charge in [0, 0.05) is 30.6 Å². The topological polar surface area (TPSA) is 192 Å². The fraction of sp³-hybridized carbons (Fsp3) is 0.238. The number of amides is 2. The molecule has 194 valence electrons. The number of hydrogen-bond acceptors (Lipinski definition) is 6. The summed E-state index contributed by atoms with van der Waals surface area (Å²) in [6, 6.07) is 7.06. The van der Waals surface area contributed by atoms with Crippen molar-refractivity contribution in [1.29, 1.82) is 5.41 Å². The molecule has 0 saturated heterocycles. The van der Waals surface area contributed by atoms with Gasteiger partial charge in [-0.1, -0.05) is 24.3 Å². The van der Waals surface area contributed by atoms with Crippen molar-refractivity contribution < 1.29 is 41.1 Å². The standard InChI is InChI=1S/C21H22F3N5O6S/c22-21(23,24)14-3-1-2-4-16(14)36(34,35)29-15(20(32)33)11-28-17(30)9-10-27-19(31)13-7-5-12(6-8-13)18(25)26/h1-8,15,29H,9-11H2,(H3,25,26)(H,27,31)(H,28,30)(H,32,33)/t15-/m0/s1. The van der Waals surface area contributed by atoms with Crippen LogP contribution < -0.4 is 21.1 Å². The highest BCUT2D eigenvalue weighted by Gasteiger charge is 2.38. The Kier molecular flexibility index (Phi) is 9.13. The number of hydrogen-bond donors (Lipinski definition) is 6. The second kappa shape index (κ2) is 11.6. The zero-order chi connectivity index (χ0) is 27.1. The van der Waals surface area contributed by atoms with Gasteiger partial charge < -0.3 is 21.5 Å². The number of nitrogens with two attached hydrogens (primary N) is 1. The van der Waals surface area contributed by atoms with Crippen LogP contribution in [0, 0.1) is 5.41 Å². The minimum Gasteiger partial charge on any atom is -0.480 e. The Morgan fingerprint density at radius 3 is 2.14 bits per heavy atom.